The van der Waals surface area contributed by atoms with Crippen molar-refractivity contribution in [2.24, 2.45) is 0 Å². The van der Waals surface area contributed by atoms with Crippen LogP contribution in [0, 0.1) is 0 Å². The van der Waals surface area contributed by atoms with E-state index in [0.717, 1.165) is 11.4 Å². The van der Waals surface area contributed by atoms with Gasteiger partial charge in [-0.25, -0.2) is 13.4 Å². The lowest BCUT2D eigenvalue weighted by Gasteiger charge is -2.22. The Morgan fingerprint density at radius 1 is 1.41 bits per heavy atom. The number of hydrogen-bond donors (Lipinski definition) is 1. The Hall–Kier alpha value is -1.60. The van der Waals surface area contributed by atoms with Crippen LogP contribution in [0.5, 0.6) is 0 Å². The second kappa shape index (κ2) is 5.55. The Bertz CT molecular complexity index is 772. The number of rotatable bonds is 4. The molecule has 0 amide bonds. The molecule has 8 heteroatoms. The minimum atomic E-state index is -2.95. The lowest BCUT2D eigenvalue weighted by atomic mass is 10.0. The smallest absolute Gasteiger partial charge is 0.152 e. The molecule has 0 radical (unpaired) electrons. The van der Waals surface area contributed by atoms with E-state index in [-0.39, 0.29) is 11.5 Å². The molecule has 118 valence electrons. The van der Waals surface area contributed by atoms with E-state index in [1.54, 1.807) is 29.2 Å². The molecule has 0 spiro atoms. The maximum absolute atomic E-state index is 11.7. The van der Waals surface area contributed by atoms with E-state index in [9.17, 15) is 8.42 Å². The molecule has 6 nitrogen and oxygen atoms in total. The molecule has 3 heterocycles. The summed E-state index contributed by atoms with van der Waals surface area (Å²) in [5.41, 5.74) is 0.526. The number of nitrogens with one attached hydrogen (secondary N) is 1. The molecule has 0 bridgehead atoms. The second-order valence-electron chi connectivity index (χ2n) is 5.85. The van der Waals surface area contributed by atoms with Gasteiger partial charge in [-0.3, -0.25) is 4.68 Å². The Morgan fingerprint density at radius 2 is 2.23 bits per heavy atom. The van der Waals surface area contributed by atoms with Gasteiger partial charge in [0, 0.05) is 24.5 Å². The van der Waals surface area contributed by atoms with E-state index in [4.69, 9.17) is 11.6 Å². The van der Waals surface area contributed by atoms with Crippen molar-refractivity contribution in [1.29, 1.82) is 0 Å². The van der Waals surface area contributed by atoms with E-state index in [1.807, 2.05) is 13.1 Å². The van der Waals surface area contributed by atoms with E-state index < -0.39 is 15.4 Å². The second-order valence-corrected chi connectivity index (χ2v) is 8.47. The molecule has 1 aliphatic rings. The van der Waals surface area contributed by atoms with Crippen molar-refractivity contribution in [3.8, 4) is 0 Å². The third-order valence-corrected chi connectivity index (χ3v) is 5.98. The maximum atomic E-state index is 11.7. The van der Waals surface area contributed by atoms with Crippen molar-refractivity contribution >= 4 is 27.3 Å². The Kier molecular flexibility index (Phi) is 3.86. The fourth-order valence-corrected chi connectivity index (χ4v) is 4.82. The summed E-state index contributed by atoms with van der Waals surface area (Å²) in [5.74, 6) is 1.10. The van der Waals surface area contributed by atoms with Gasteiger partial charge in [0.2, 0.25) is 0 Å². The molecule has 1 atom stereocenters. The number of halogens is 1. The quantitative estimate of drug-likeness (QED) is 0.922. The minimum Gasteiger partial charge on any atom is -0.366 e. The van der Waals surface area contributed by atoms with Crippen LogP contribution in [0.25, 0.3) is 0 Å². The molecule has 1 aliphatic heterocycles. The molecule has 0 aromatic carbocycles. The van der Waals surface area contributed by atoms with Gasteiger partial charge in [-0.15, -0.1) is 0 Å². The van der Waals surface area contributed by atoms with Crippen LogP contribution in [-0.2, 0) is 21.9 Å². The van der Waals surface area contributed by atoms with Crippen molar-refractivity contribution < 1.29 is 8.42 Å². The highest BCUT2D eigenvalue weighted by molar-refractivity contribution is 7.91. The van der Waals surface area contributed by atoms with Gasteiger partial charge < -0.3 is 5.32 Å². The average Bonchev–Trinajstić information content (AvgIpc) is 3.04. The summed E-state index contributed by atoms with van der Waals surface area (Å²) in [5, 5.41) is 8.10. The van der Waals surface area contributed by atoms with Crippen LogP contribution in [0.1, 0.15) is 18.9 Å². The van der Waals surface area contributed by atoms with Gasteiger partial charge in [0.05, 0.1) is 28.3 Å². The first-order valence-corrected chi connectivity index (χ1v) is 9.16. The van der Waals surface area contributed by atoms with Crippen LogP contribution in [-0.4, -0.2) is 34.7 Å². The van der Waals surface area contributed by atoms with Gasteiger partial charge in [-0.05, 0) is 25.5 Å². The van der Waals surface area contributed by atoms with Crippen LogP contribution in [0.15, 0.2) is 30.7 Å². The van der Waals surface area contributed by atoms with Crippen molar-refractivity contribution in [2.75, 3.05) is 16.8 Å². The standard InChI is InChI=1S/C14H17ClN4O2S/c1-14(4-5-22(20,21)10-14)19-9-11(7-18-19)6-16-13-3-2-12(15)8-17-13/h2-3,7-9H,4-6,10H2,1H3,(H,16,17)/t14-/m0/s1. The van der Waals surface area contributed by atoms with E-state index in [0.29, 0.717) is 18.0 Å². The maximum Gasteiger partial charge on any atom is 0.152 e. The van der Waals surface area contributed by atoms with Crippen LogP contribution >= 0.6 is 11.6 Å². The third-order valence-electron chi connectivity index (χ3n) is 3.87. The molecular formula is C14H17ClN4O2S. The van der Waals surface area contributed by atoms with E-state index >= 15 is 0 Å². The van der Waals surface area contributed by atoms with Crippen LogP contribution < -0.4 is 5.32 Å². The first-order valence-electron chi connectivity index (χ1n) is 6.96. The first kappa shape index (κ1) is 15.3. The Labute approximate surface area is 134 Å². The average molecular weight is 341 g/mol. The van der Waals surface area contributed by atoms with Crippen molar-refractivity contribution in [2.45, 2.75) is 25.4 Å². The topological polar surface area (TPSA) is 76.9 Å². The summed E-state index contributed by atoms with van der Waals surface area (Å²) in [4.78, 5) is 4.16. The summed E-state index contributed by atoms with van der Waals surface area (Å²) in [7, 11) is -2.95. The molecule has 1 fully saturated rings. The van der Waals surface area contributed by atoms with Gasteiger partial charge in [0.25, 0.3) is 0 Å². The predicted molar refractivity (Wildman–Crippen MR) is 85.7 cm³/mol. The van der Waals surface area contributed by atoms with Gasteiger partial charge >= 0.3 is 0 Å². The molecule has 0 unspecified atom stereocenters. The van der Waals surface area contributed by atoms with Crippen molar-refractivity contribution in [3.63, 3.8) is 0 Å². The zero-order valence-corrected chi connectivity index (χ0v) is 13.7. The molecular weight excluding hydrogens is 324 g/mol. The highest BCUT2D eigenvalue weighted by atomic mass is 35.5. The summed E-state index contributed by atoms with van der Waals surface area (Å²) >= 11 is 5.79. The molecule has 0 saturated carbocycles. The highest BCUT2D eigenvalue weighted by Gasteiger charge is 2.40. The van der Waals surface area contributed by atoms with Crippen LogP contribution in [0.3, 0.4) is 0 Å². The number of nitrogens with zero attached hydrogens (tertiary/aromatic N) is 3. The fraction of sp³-hybridized carbons (Fsp3) is 0.429. The van der Waals surface area contributed by atoms with Gasteiger partial charge in [-0.1, -0.05) is 11.6 Å². The number of anilines is 1. The molecule has 2 aromatic rings. The highest BCUT2D eigenvalue weighted by Crippen LogP contribution is 2.30. The molecule has 22 heavy (non-hydrogen) atoms. The largest absolute Gasteiger partial charge is 0.366 e. The summed E-state index contributed by atoms with van der Waals surface area (Å²) in [6.07, 6.45) is 5.82. The zero-order chi connectivity index (χ0) is 15.8. The SMILES string of the molecule is C[C@]1(n2cc(CNc3ccc(Cl)cn3)cn2)CCS(=O)(=O)C1. The number of sulfone groups is 1. The minimum absolute atomic E-state index is 0.146. The molecule has 3 rings (SSSR count). The predicted octanol–water partition coefficient (Wildman–Crippen LogP) is 2.08. The van der Waals surface area contributed by atoms with Gasteiger partial charge in [0.1, 0.15) is 5.82 Å². The zero-order valence-electron chi connectivity index (χ0n) is 12.2. The fourth-order valence-electron chi connectivity index (χ4n) is 2.59. The summed E-state index contributed by atoms with van der Waals surface area (Å²) in [6.45, 7) is 2.50. The Morgan fingerprint density at radius 3 is 2.86 bits per heavy atom. The van der Waals surface area contributed by atoms with Gasteiger partial charge in [-0.2, -0.15) is 5.10 Å². The van der Waals surface area contributed by atoms with Crippen molar-refractivity contribution in [3.05, 3.63) is 41.3 Å². The lowest BCUT2D eigenvalue weighted by molar-refractivity contribution is 0.328. The number of pyridine rings is 1. The third kappa shape index (κ3) is 3.25. The first-order chi connectivity index (χ1) is 10.4. The molecule has 1 N–H and O–H groups in total. The van der Waals surface area contributed by atoms with E-state index in [1.165, 1.54) is 0 Å². The van der Waals surface area contributed by atoms with Crippen molar-refractivity contribution in [1.82, 2.24) is 14.8 Å². The molecule has 2 aromatic heterocycles. The summed E-state index contributed by atoms with van der Waals surface area (Å²) in [6, 6.07) is 3.57. The van der Waals surface area contributed by atoms with E-state index in [2.05, 4.69) is 15.4 Å². The number of aromatic nitrogens is 3. The molecule has 0 aliphatic carbocycles. The monoisotopic (exact) mass is 340 g/mol. The summed E-state index contributed by atoms with van der Waals surface area (Å²) < 4.78 is 25.2. The number of hydrogen-bond acceptors (Lipinski definition) is 5. The van der Waals surface area contributed by atoms with Crippen LogP contribution in [0.2, 0.25) is 5.02 Å². The molecule has 1 saturated heterocycles. The van der Waals surface area contributed by atoms with Gasteiger partial charge in [0.15, 0.2) is 9.84 Å². The Balaban J connectivity index is 1.68. The lowest BCUT2D eigenvalue weighted by Crippen LogP contribution is -2.31. The van der Waals surface area contributed by atoms with Crippen LogP contribution in [0.4, 0.5) is 5.82 Å². The normalized spacial score (nSPS) is 23.5.